The van der Waals surface area contributed by atoms with Gasteiger partial charge in [-0.1, -0.05) is 25.1 Å². The van der Waals surface area contributed by atoms with Gasteiger partial charge in [-0.05, 0) is 30.2 Å². The van der Waals surface area contributed by atoms with Crippen molar-refractivity contribution in [2.45, 2.75) is 19.5 Å². The molecule has 0 atom stereocenters. The Hall–Kier alpha value is -4.35. The second-order valence-electron chi connectivity index (χ2n) is 7.08. The number of urea groups is 1. The summed E-state index contributed by atoms with van der Waals surface area (Å²) in [5.41, 5.74) is 2.95. The van der Waals surface area contributed by atoms with E-state index in [4.69, 9.17) is 5.73 Å². The van der Waals surface area contributed by atoms with Gasteiger partial charge >= 0.3 is 12.2 Å². The van der Waals surface area contributed by atoms with Gasteiger partial charge in [-0.15, -0.1) is 0 Å². The van der Waals surface area contributed by atoms with Crippen molar-refractivity contribution in [1.82, 2.24) is 4.98 Å². The molecule has 3 aromatic rings. The van der Waals surface area contributed by atoms with E-state index < -0.39 is 46.7 Å². The van der Waals surface area contributed by atoms with Crippen LogP contribution in [0.1, 0.15) is 38.9 Å². The summed E-state index contributed by atoms with van der Waals surface area (Å²) in [7, 11) is 0. The quantitative estimate of drug-likeness (QED) is 0.403. The van der Waals surface area contributed by atoms with Crippen LogP contribution in [0, 0.1) is 5.82 Å². The molecule has 0 aliphatic rings. The van der Waals surface area contributed by atoms with E-state index in [1.165, 1.54) is 12.1 Å². The summed E-state index contributed by atoms with van der Waals surface area (Å²) in [6.45, 7) is 1.80. The average Bonchev–Trinajstić information content (AvgIpc) is 3.20. The number of hydrogen-bond acceptors (Lipinski definition) is 4. The van der Waals surface area contributed by atoms with Crippen molar-refractivity contribution in [3.05, 3.63) is 70.8 Å². The van der Waals surface area contributed by atoms with E-state index in [0.717, 1.165) is 18.3 Å². The summed E-state index contributed by atoms with van der Waals surface area (Å²) in [6, 6.07) is 5.80. The lowest BCUT2D eigenvalue weighted by molar-refractivity contribution is -0.254. The highest BCUT2D eigenvalue weighted by Crippen LogP contribution is 2.36. The number of alkyl halides is 3. The van der Waals surface area contributed by atoms with Gasteiger partial charge in [0.25, 0.3) is 5.91 Å². The molecule has 8 nitrogen and oxygen atoms in total. The maximum absolute atomic E-state index is 14.3. The van der Waals surface area contributed by atoms with E-state index in [1.54, 1.807) is 13.0 Å². The Labute approximate surface area is 189 Å². The highest BCUT2D eigenvalue weighted by atomic mass is 19.4. The molecule has 0 saturated carbocycles. The molecule has 34 heavy (non-hydrogen) atoms. The first-order chi connectivity index (χ1) is 15.9. The van der Waals surface area contributed by atoms with E-state index in [1.807, 2.05) is 5.32 Å². The van der Waals surface area contributed by atoms with Gasteiger partial charge in [-0.3, -0.25) is 4.79 Å². The van der Waals surface area contributed by atoms with Crippen molar-refractivity contribution >= 4 is 29.3 Å². The fourth-order valence-electron chi connectivity index (χ4n) is 3.31. The number of H-pyrrole nitrogens is 1. The highest BCUT2D eigenvalue weighted by Gasteiger charge is 2.35. The summed E-state index contributed by atoms with van der Waals surface area (Å²) >= 11 is 0. The Morgan fingerprint density at radius 2 is 1.76 bits per heavy atom. The number of anilines is 2. The third-order valence-electron chi connectivity index (χ3n) is 4.91. The van der Waals surface area contributed by atoms with Crippen LogP contribution in [0.15, 0.2) is 42.6 Å². The third-order valence-corrected chi connectivity index (χ3v) is 4.91. The first-order valence-corrected chi connectivity index (χ1v) is 9.73. The summed E-state index contributed by atoms with van der Waals surface area (Å²) < 4.78 is 53.1. The number of carboxylic acids is 1. The van der Waals surface area contributed by atoms with Crippen molar-refractivity contribution < 1.29 is 37.1 Å². The predicted molar refractivity (Wildman–Crippen MR) is 112 cm³/mol. The van der Waals surface area contributed by atoms with Crippen LogP contribution in [-0.2, 0) is 12.6 Å². The number of benzene rings is 2. The molecule has 0 spiro atoms. The predicted octanol–water partition coefficient (Wildman–Crippen LogP) is 3.51. The van der Waals surface area contributed by atoms with Crippen molar-refractivity contribution in [2.75, 3.05) is 10.6 Å². The minimum absolute atomic E-state index is 0.00571. The molecule has 0 aliphatic heterocycles. The molecule has 0 radical (unpaired) electrons. The van der Waals surface area contributed by atoms with E-state index in [9.17, 15) is 37.1 Å². The van der Waals surface area contributed by atoms with Crippen molar-refractivity contribution in [1.29, 1.82) is 0 Å². The Bertz CT molecular complexity index is 1250. The SMILES string of the molecule is CCc1ccc(-c2c(C(=O)[O-])c[nH]c2C(N)=O)c(NC(=O)Nc2cccc(C(F)(F)F)c2F)c1. The molecule has 3 amide bonds. The number of carbonyl (C=O) groups excluding carboxylic acids is 3. The monoisotopic (exact) mass is 477 g/mol. The summed E-state index contributed by atoms with van der Waals surface area (Å²) in [5.74, 6) is -4.28. The van der Waals surface area contributed by atoms with Gasteiger partial charge in [0.15, 0.2) is 5.82 Å². The fraction of sp³-hybridized carbons (Fsp3) is 0.136. The number of halogens is 4. The summed E-state index contributed by atoms with van der Waals surface area (Å²) in [4.78, 5) is 38.4. The first kappa shape index (κ1) is 24.3. The second-order valence-corrected chi connectivity index (χ2v) is 7.08. The van der Waals surface area contributed by atoms with Crippen LogP contribution in [0.3, 0.4) is 0 Å². The standard InChI is InChI=1S/C22H18F4N4O4/c1-2-10-6-7-11(16-12(20(32)33)9-28-18(16)19(27)31)15(8-10)30-21(34)29-14-5-3-4-13(17(14)23)22(24,25)26/h3-9,28H,2H2,1H3,(H2,27,31)(H,32,33)(H2,29,30,34)/p-1. The number of carboxylic acid groups (broad SMARTS) is 1. The highest BCUT2D eigenvalue weighted by molar-refractivity contribution is 6.09. The lowest BCUT2D eigenvalue weighted by Gasteiger charge is -2.16. The number of nitrogens with two attached hydrogens (primary N) is 1. The van der Waals surface area contributed by atoms with Crippen molar-refractivity contribution in [3.8, 4) is 11.1 Å². The Kier molecular flexibility index (Phi) is 6.61. The van der Waals surface area contributed by atoms with Crippen molar-refractivity contribution in [3.63, 3.8) is 0 Å². The molecule has 5 N–H and O–H groups in total. The molecular weight excluding hydrogens is 460 g/mol. The molecule has 3 rings (SSSR count). The lowest BCUT2D eigenvalue weighted by Crippen LogP contribution is -2.24. The molecule has 0 unspecified atom stereocenters. The zero-order chi connectivity index (χ0) is 25.2. The van der Waals surface area contributed by atoms with Crippen LogP contribution in [0.4, 0.5) is 33.7 Å². The molecule has 1 heterocycles. The molecule has 1 aromatic heterocycles. The van der Waals surface area contributed by atoms with Gasteiger partial charge in [-0.2, -0.15) is 13.2 Å². The van der Waals surface area contributed by atoms with Crippen LogP contribution in [0.2, 0.25) is 0 Å². The van der Waals surface area contributed by atoms with E-state index in [-0.39, 0.29) is 22.5 Å². The summed E-state index contributed by atoms with van der Waals surface area (Å²) in [6.07, 6.45) is -3.47. The van der Waals surface area contributed by atoms with Gasteiger partial charge < -0.3 is 31.3 Å². The van der Waals surface area contributed by atoms with E-state index in [0.29, 0.717) is 18.1 Å². The number of primary amides is 1. The number of amides is 3. The first-order valence-electron chi connectivity index (χ1n) is 9.73. The Morgan fingerprint density at radius 3 is 2.35 bits per heavy atom. The van der Waals surface area contributed by atoms with Crippen molar-refractivity contribution in [2.24, 2.45) is 5.73 Å². The lowest BCUT2D eigenvalue weighted by atomic mass is 9.97. The number of hydrogen-bond donors (Lipinski definition) is 4. The van der Waals surface area contributed by atoms with Crippen LogP contribution in [0.5, 0.6) is 0 Å². The molecule has 178 valence electrons. The van der Waals surface area contributed by atoms with Gasteiger partial charge in [0, 0.05) is 22.9 Å². The molecule has 0 fully saturated rings. The van der Waals surface area contributed by atoms with Crippen LogP contribution < -0.4 is 21.5 Å². The molecular formula is C22H17F4N4O4-. The van der Waals surface area contributed by atoms with E-state index >= 15 is 0 Å². The topological polar surface area (TPSA) is 140 Å². The maximum Gasteiger partial charge on any atom is 0.419 e. The third kappa shape index (κ3) is 4.85. The van der Waals surface area contributed by atoms with Gasteiger partial charge in [0.05, 0.1) is 22.9 Å². The van der Waals surface area contributed by atoms with Crippen LogP contribution in [-0.4, -0.2) is 22.9 Å². The normalized spacial score (nSPS) is 11.2. The van der Waals surface area contributed by atoms with Crippen LogP contribution >= 0.6 is 0 Å². The molecule has 0 saturated heterocycles. The number of aromatic amines is 1. The number of carbonyl (C=O) groups is 3. The zero-order valence-electron chi connectivity index (χ0n) is 17.5. The molecule has 0 bridgehead atoms. The maximum atomic E-state index is 14.3. The minimum Gasteiger partial charge on any atom is -0.545 e. The second kappa shape index (κ2) is 9.25. The number of rotatable bonds is 6. The average molecular weight is 477 g/mol. The number of nitrogens with one attached hydrogen (secondary N) is 3. The van der Waals surface area contributed by atoms with Gasteiger partial charge in [-0.25, -0.2) is 9.18 Å². The van der Waals surface area contributed by atoms with Crippen LogP contribution in [0.25, 0.3) is 11.1 Å². The van der Waals surface area contributed by atoms with Gasteiger partial charge in [0.2, 0.25) is 0 Å². The molecule has 12 heteroatoms. The largest absolute Gasteiger partial charge is 0.545 e. The summed E-state index contributed by atoms with van der Waals surface area (Å²) in [5, 5.41) is 15.9. The Morgan fingerprint density at radius 1 is 1.09 bits per heavy atom. The zero-order valence-corrected chi connectivity index (χ0v) is 17.5. The smallest absolute Gasteiger partial charge is 0.419 e. The number of aromatic carboxylic acids is 1. The minimum atomic E-state index is -4.97. The van der Waals surface area contributed by atoms with E-state index in [2.05, 4.69) is 10.3 Å². The fourth-order valence-corrected chi connectivity index (χ4v) is 3.31. The Balaban J connectivity index is 2.03. The van der Waals surface area contributed by atoms with Gasteiger partial charge in [0.1, 0.15) is 5.69 Å². The number of aryl methyl sites for hydroxylation is 1. The molecule has 2 aromatic carbocycles. The number of aromatic nitrogens is 1. The molecule has 0 aliphatic carbocycles.